The van der Waals surface area contributed by atoms with Crippen molar-refractivity contribution in [3.05, 3.63) is 114 Å². The maximum absolute atomic E-state index is 5.81. The van der Waals surface area contributed by atoms with Gasteiger partial charge in [0.1, 0.15) is 0 Å². The van der Waals surface area contributed by atoms with Crippen LogP contribution < -0.4 is 5.32 Å². The van der Waals surface area contributed by atoms with Gasteiger partial charge in [0.05, 0.1) is 17.8 Å². The smallest absolute Gasteiger partial charge is 0.170 e. The molecule has 4 aromatic rings. The van der Waals surface area contributed by atoms with E-state index in [0.717, 1.165) is 16.5 Å². The summed E-state index contributed by atoms with van der Waals surface area (Å²) < 4.78 is 2.25. The lowest BCUT2D eigenvalue weighted by Crippen LogP contribution is -2.30. The summed E-state index contributed by atoms with van der Waals surface area (Å²) in [5, 5.41) is 4.27. The van der Waals surface area contributed by atoms with E-state index in [4.69, 9.17) is 12.2 Å². The van der Waals surface area contributed by atoms with Crippen molar-refractivity contribution in [2.24, 2.45) is 0 Å². The standard InChI is InChI=1S/C25H23N5S/c1-18-6-4-7-20(16-18)29-15-5-9-22(29)24-23(21-8-2-3-12-27-21)28-25(31)30(24)17-19-10-13-26-14-11-19/h2-16,23-24H,17H2,1H3,(H,28,31)/t23-,24+/m0/s1. The number of aromatic nitrogens is 3. The van der Waals surface area contributed by atoms with E-state index in [1.165, 1.54) is 16.8 Å². The summed E-state index contributed by atoms with van der Waals surface area (Å²) in [7, 11) is 0. The highest BCUT2D eigenvalue weighted by atomic mass is 32.1. The van der Waals surface area contributed by atoms with Crippen LogP contribution >= 0.6 is 12.2 Å². The van der Waals surface area contributed by atoms with Crippen LogP contribution in [-0.2, 0) is 6.54 Å². The normalized spacial score (nSPS) is 18.2. The third kappa shape index (κ3) is 3.82. The molecule has 0 bridgehead atoms. The van der Waals surface area contributed by atoms with Crippen molar-refractivity contribution in [3.8, 4) is 5.69 Å². The van der Waals surface area contributed by atoms with E-state index in [2.05, 4.69) is 80.3 Å². The molecule has 31 heavy (non-hydrogen) atoms. The fraction of sp³-hybridized carbons (Fsp3) is 0.160. The van der Waals surface area contributed by atoms with E-state index in [-0.39, 0.29) is 12.1 Å². The van der Waals surface area contributed by atoms with Gasteiger partial charge in [-0.2, -0.15) is 0 Å². The van der Waals surface area contributed by atoms with Crippen molar-refractivity contribution >= 4 is 17.3 Å². The first kappa shape index (κ1) is 19.5. The zero-order valence-electron chi connectivity index (χ0n) is 17.2. The monoisotopic (exact) mass is 425 g/mol. The lowest BCUT2D eigenvalue weighted by molar-refractivity contribution is 0.302. The van der Waals surface area contributed by atoms with Gasteiger partial charge in [0.15, 0.2) is 5.11 Å². The lowest BCUT2D eigenvalue weighted by Gasteiger charge is -2.29. The Morgan fingerprint density at radius 1 is 0.968 bits per heavy atom. The van der Waals surface area contributed by atoms with Gasteiger partial charge >= 0.3 is 0 Å². The number of benzene rings is 1. The number of hydrogen-bond donors (Lipinski definition) is 1. The molecule has 5 rings (SSSR count). The Morgan fingerprint density at radius 2 is 1.84 bits per heavy atom. The number of hydrogen-bond acceptors (Lipinski definition) is 3. The predicted octanol–water partition coefficient (Wildman–Crippen LogP) is 4.75. The van der Waals surface area contributed by atoms with Crippen molar-refractivity contribution in [1.82, 2.24) is 24.8 Å². The quantitative estimate of drug-likeness (QED) is 0.468. The zero-order chi connectivity index (χ0) is 21.2. The molecule has 4 heterocycles. The molecule has 6 heteroatoms. The Bertz CT molecular complexity index is 1190. The Morgan fingerprint density at radius 3 is 2.61 bits per heavy atom. The van der Waals surface area contributed by atoms with Crippen molar-refractivity contribution in [2.45, 2.75) is 25.6 Å². The molecule has 1 N–H and O–H groups in total. The first-order chi connectivity index (χ1) is 15.2. The molecule has 0 spiro atoms. The highest BCUT2D eigenvalue weighted by Gasteiger charge is 2.41. The van der Waals surface area contributed by atoms with Gasteiger partial charge in [0, 0.05) is 42.7 Å². The molecule has 3 aromatic heterocycles. The molecule has 2 atom stereocenters. The van der Waals surface area contributed by atoms with Crippen LogP contribution in [-0.4, -0.2) is 24.5 Å². The first-order valence-electron chi connectivity index (χ1n) is 10.3. The molecular weight excluding hydrogens is 402 g/mol. The van der Waals surface area contributed by atoms with Gasteiger partial charge in [-0.15, -0.1) is 0 Å². The number of rotatable bonds is 5. The van der Waals surface area contributed by atoms with Gasteiger partial charge in [0.2, 0.25) is 0 Å². The molecule has 0 unspecified atom stereocenters. The number of nitrogens with one attached hydrogen (secondary N) is 1. The van der Waals surface area contributed by atoms with Crippen molar-refractivity contribution in [1.29, 1.82) is 0 Å². The summed E-state index contributed by atoms with van der Waals surface area (Å²) in [6.45, 7) is 2.81. The number of aryl methyl sites for hydroxylation is 1. The molecule has 0 aliphatic carbocycles. The summed E-state index contributed by atoms with van der Waals surface area (Å²) in [5.41, 5.74) is 5.68. The van der Waals surface area contributed by atoms with Gasteiger partial charge in [0.25, 0.3) is 0 Å². The van der Waals surface area contributed by atoms with Crippen LogP contribution in [0.1, 0.15) is 34.6 Å². The van der Waals surface area contributed by atoms with Crippen LogP contribution in [0.4, 0.5) is 0 Å². The number of pyridine rings is 2. The topological polar surface area (TPSA) is 46.0 Å². The minimum atomic E-state index is -0.0472. The Hall–Kier alpha value is -3.51. The second kappa shape index (κ2) is 8.32. The van der Waals surface area contributed by atoms with Crippen LogP contribution in [0, 0.1) is 6.92 Å². The van der Waals surface area contributed by atoms with Crippen molar-refractivity contribution in [3.63, 3.8) is 0 Å². The fourth-order valence-corrected chi connectivity index (χ4v) is 4.54. The summed E-state index contributed by atoms with van der Waals surface area (Å²) in [5.74, 6) is 0. The predicted molar refractivity (Wildman–Crippen MR) is 126 cm³/mol. The summed E-state index contributed by atoms with van der Waals surface area (Å²) in [6.07, 6.45) is 7.60. The number of thiocarbonyl (C=S) groups is 1. The SMILES string of the molecule is Cc1cccc(-n2cccc2[C@@H]2[C@H](c3ccccn3)NC(=S)N2Cc2ccncc2)c1. The van der Waals surface area contributed by atoms with Crippen molar-refractivity contribution < 1.29 is 0 Å². The average molecular weight is 426 g/mol. The summed E-state index contributed by atoms with van der Waals surface area (Å²) in [4.78, 5) is 11.1. The van der Waals surface area contributed by atoms with E-state index in [1.807, 2.05) is 42.9 Å². The van der Waals surface area contributed by atoms with Gasteiger partial charge in [-0.05, 0) is 78.8 Å². The highest BCUT2D eigenvalue weighted by Crippen LogP contribution is 2.40. The molecule has 1 aliphatic heterocycles. The fourth-order valence-electron chi connectivity index (χ4n) is 4.23. The third-order valence-electron chi connectivity index (χ3n) is 5.66. The Kier molecular flexibility index (Phi) is 5.22. The molecule has 1 aromatic carbocycles. The van der Waals surface area contributed by atoms with Crippen molar-refractivity contribution in [2.75, 3.05) is 0 Å². The van der Waals surface area contributed by atoms with Gasteiger partial charge in [-0.1, -0.05) is 18.2 Å². The molecule has 0 radical (unpaired) electrons. The Labute approximate surface area is 187 Å². The zero-order valence-corrected chi connectivity index (χ0v) is 18.0. The van der Waals surface area contributed by atoms with E-state index >= 15 is 0 Å². The maximum atomic E-state index is 5.81. The minimum absolute atomic E-state index is 0.00826. The first-order valence-corrected chi connectivity index (χ1v) is 10.7. The van der Waals surface area contributed by atoms with E-state index in [1.54, 1.807) is 0 Å². The van der Waals surface area contributed by atoms with Crippen LogP contribution in [0.2, 0.25) is 0 Å². The second-order valence-electron chi connectivity index (χ2n) is 7.75. The van der Waals surface area contributed by atoms with E-state index < -0.39 is 0 Å². The summed E-state index contributed by atoms with van der Waals surface area (Å²) >= 11 is 5.81. The maximum Gasteiger partial charge on any atom is 0.170 e. The summed E-state index contributed by atoms with van der Waals surface area (Å²) in [6, 6.07) is 22.9. The van der Waals surface area contributed by atoms with E-state index in [9.17, 15) is 0 Å². The van der Waals surface area contributed by atoms with Gasteiger partial charge in [-0.25, -0.2) is 0 Å². The molecular formula is C25H23N5S. The molecule has 0 amide bonds. The molecule has 1 aliphatic rings. The third-order valence-corrected chi connectivity index (χ3v) is 6.02. The number of nitrogens with zero attached hydrogens (tertiary/aromatic N) is 4. The average Bonchev–Trinajstić information content (AvgIpc) is 3.40. The lowest BCUT2D eigenvalue weighted by atomic mass is 10.0. The van der Waals surface area contributed by atoms with Gasteiger partial charge in [-0.3, -0.25) is 9.97 Å². The molecule has 1 fully saturated rings. The molecule has 154 valence electrons. The Balaban J connectivity index is 1.61. The minimum Gasteiger partial charge on any atom is -0.352 e. The van der Waals surface area contributed by atoms with Gasteiger partial charge < -0.3 is 14.8 Å². The van der Waals surface area contributed by atoms with Crippen LogP contribution in [0.15, 0.2) is 91.5 Å². The molecule has 5 nitrogen and oxygen atoms in total. The molecule has 1 saturated heterocycles. The van der Waals surface area contributed by atoms with Crippen LogP contribution in [0.25, 0.3) is 5.69 Å². The largest absolute Gasteiger partial charge is 0.352 e. The highest BCUT2D eigenvalue weighted by molar-refractivity contribution is 7.80. The van der Waals surface area contributed by atoms with E-state index in [0.29, 0.717) is 6.54 Å². The van der Waals surface area contributed by atoms with Crippen LogP contribution in [0.5, 0.6) is 0 Å². The van der Waals surface area contributed by atoms with Crippen LogP contribution in [0.3, 0.4) is 0 Å². The molecule has 0 saturated carbocycles. The second-order valence-corrected chi connectivity index (χ2v) is 8.14.